The molecule has 2 atom stereocenters. The molecule has 2 bridgehead atoms. The molecule has 0 aliphatic heterocycles. The molecule has 1 aromatic rings. The van der Waals surface area contributed by atoms with E-state index in [1.165, 1.54) is 6.33 Å². The number of fused-ring (bicyclic) bond motifs is 2. The highest BCUT2D eigenvalue weighted by Crippen LogP contribution is 2.45. The summed E-state index contributed by atoms with van der Waals surface area (Å²) in [5.41, 5.74) is 2.09. The fourth-order valence-corrected chi connectivity index (χ4v) is 3.18. The molecular weight excluding hydrogens is 216 g/mol. The highest BCUT2D eigenvalue weighted by atomic mass is 16.1. The van der Waals surface area contributed by atoms with Crippen molar-refractivity contribution in [3.63, 3.8) is 0 Å². The Kier molecular flexibility index (Phi) is 1.51. The monoisotopic (exact) mass is 226 g/mol. The van der Waals surface area contributed by atoms with E-state index in [0.717, 1.165) is 12.8 Å². The summed E-state index contributed by atoms with van der Waals surface area (Å²) in [6.45, 7) is 0. The van der Waals surface area contributed by atoms with Gasteiger partial charge in [0.25, 0.3) is 0 Å². The highest BCUT2D eigenvalue weighted by molar-refractivity contribution is 6.26. The van der Waals surface area contributed by atoms with Gasteiger partial charge in [0.2, 0.25) is 11.6 Å². The number of nitrogens with one attached hydrogen (secondary N) is 1. The summed E-state index contributed by atoms with van der Waals surface area (Å²) in [5, 5.41) is 0. The maximum Gasteiger partial charge on any atom is 0.210 e. The van der Waals surface area contributed by atoms with Crippen molar-refractivity contribution in [1.29, 1.82) is 0 Å². The highest BCUT2D eigenvalue weighted by Gasteiger charge is 2.43. The molecule has 4 nitrogen and oxygen atoms in total. The van der Waals surface area contributed by atoms with Crippen molar-refractivity contribution in [1.82, 2.24) is 9.97 Å². The molecule has 0 spiro atoms. The number of rotatable bonds is 0. The van der Waals surface area contributed by atoms with Gasteiger partial charge in [0, 0.05) is 23.0 Å². The quantitative estimate of drug-likeness (QED) is 0.684. The lowest BCUT2D eigenvalue weighted by Gasteiger charge is -2.36. The van der Waals surface area contributed by atoms with Crippen molar-refractivity contribution < 1.29 is 9.59 Å². The van der Waals surface area contributed by atoms with E-state index in [-0.39, 0.29) is 23.4 Å². The summed E-state index contributed by atoms with van der Waals surface area (Å²) in [4.78, 5) is 31.4. The number of H-pyrrole nitrogens is 1. The lowest BCUT2D eigenvalue weighted by molar-refractivity contribution is 0.0944. The van der Waals surface area contributed by atoms with Crippen LogP contribution in [0.25, 0.3) is 0 Å². The number of hydrogen-bond donors (Lipinski definition) is 1. The van der Waals surface area contributed by atoms with E-state index in [9.17, 15) is 9.59 Å². The molecule has 1 aromatic heterocycles. The van der Waals surface area contributed by atoms with E-state index >= 15 is 0 Å². The lowest BCUT2D eigenvalue weighted by atomic mass is 9.66. The Morgan fingerprint density at radius 1 is 1.06 bits per heavy atom. The van der Waals surface area contributed by atoms with Crippen LogP contribution in [0.2, 0.25) is 0 Å². The topological polar surface area (TPSA) is 62.8 Å². The minimum Gasteiger partial charge on any atom is -0.341 e. The van der Waals surface area contributed by atoms with Gasteiger partial charge in [0.05, 0.1) is 6.33 Å². The largest absolute Gasteiger partial charge is 0.341 e. The zero-order chi connectivity index (χ0) is 11.6. The zero-order valence-corrected chi connectivity index (χ0v) is 9.06. The number of carbonyl (C=O) groups is 2. The Hall–Kier alpha value is -1.97. The average Bonchev–Trinajstić information content (AvgIpc) is 2.86. The second-order valence-electron chi connectivity index (χ2n) is 4.79. The van der Waals surface area contributed by atoms with E-state index < -0.39 is 0 Å². The summed E-state index contributed by atoms with van der Waals surface area (Å²) in [6, 6.07) is 0. The van der Waals surface area contributed by atoms with Gasteiger partial charge in [-0.3, -0.25) is 9.59 Å². The van der Waals surface area contributed by atoms with Gasteiger partial charge in [-0.2, -0.15) is 0 Å². The van der Waals surface area contributed by atoms with Crippen LogP contribution in [0.15, 0.2) is 29.6 Å². The van der Waals surface area contributed by atoms with Gasteiger partial charge in [0.15, 0.2) is 0 Å². The van der Waals surface area contributed by atoms with Crippen molar-refractivity contribution in [3.8, 4) is 0 Å². The molecule has 2 unspecified atom stereocenters. The van der Waals surface area contributed by atoms with Gasteiger partial charge in [-0.1, -0.05) is 12.2 Å². The number of hydrogen-bond acceptors (Lipinski definition) is 3. The van der Waals surface area contributed by atoms with E-state index in [0.29, 0.717) is 22.5 Å². The fourth-order valence-electron chi connectivity index (χ4n) is 3.18. The number of aromatic nitrogens is 2. The lowest BCUT2D eigenvalue weighted by Crippen LogP contribution is -2.34. The van der Waals surface area contributed by atoms with E-state index in [1.807, 2.05) is 0 Å². The first-order chi connectivity index (χ1) is 8.27. The predicted octanol–water partition coefficient (Wildman–Crippen LogP) is 1.68. The number of carbonyl (C=O) groups excluding carboxylic acids is 2. The molecule has 17 heavy (non-hydrogen) atoms. The fraction of sp³-hybridized carbons (Fsp3) is 0.308. The summed E-state index contributed by atoms with van der Waals surface area (Å²) in [7, 11) is 0. The normalized spacial score (nSPS) is 29.6. The number of imidazole rings is 1. The minimum atomic E-state index is -0.0603. The smallest absolute Gasteiger partial charge is 0.210 e. The third-order valence-electron chi connectivity index (χ3n) is 3.97. The van der Waals surface area contributed by atoms with Gasteiger partial charge in [-0.15, -0.1) is 0 Å². The molecule has 4 aliphatic rings. The van der Waals surface area contributed by atoms with Crippen LogP contribution >= 0.6 is 0 Å². The second kappa shape index (κ2) is 2.83. The first-order valence-electron chi connectivity index (χ1n) is 5.82. The van der Waals surface area contributed by atoms with E-state index in [4.69, 9.17) is 0 Å². The predicted molar refractivity (Wildman–Crippen MR) is 59.6 cm³/mol. The summed E-state index contributed by atoms with van der Waals surface area (Å²) in [5.74, 6) is 0.153. The van der Waals surface area contributed by atoms with Crippen LogP contribution in [0.4, 0.5) is 0 Å². The van der Waals surface area contributed by atoms with Crippen molar-refractivity contribution in [2.45, 2.75) is 12.8 Å². The van der Waals surface area contributed by atoms with Gasteiger partial charge in [-0.25, -0.2) is 4.98 Å². The number of Topliss-reactive ketones (excluding diaryl/α,β-unsaturated/α-hetero) is 2. The van der Waals surface area contributed by atoms with E-state index in [1.54, 1.807) is 0 Å². The Bertz CT molecular complexity index is 571. The van der Waals surface area contributed by atoms with Gasteiger partial charge < -0.3 is 4.98 Å². The molecular formula is C13H10N2O2. The number of allylic oxidation sites excluding steroid dienone is 4. The van der Waals surface area contributed by atoms with Gasteiger partial charge in [0.1, 0.15) is 11.4 Å². The van der Waals surface area contributed by atoms with Crippen LogP contribution in [0.3, 0.4) is 0 Å². The molecule has 4 heteroatoms. The molecule has 1 heterocycles. The number of nitrogens with zero attached hydrogens (tertiary/aromatic N) is 1. The molecule has 0 saturated carbocycles. The van der Waals surface area contributed by atoms with Crippen molar-refractivity contribution in [2.24, 2.45) is 11.8 Å². The number of ketones is 2. The van der Waals surface area contributed by atoms with Gasteiger partial charge in [-0.05, 0) is 12.8 Å². The van der Waals surface area contributed by atoms with Crippen LogP contribution < -0.4 is 0 Å². The summed E-state index contributed by atoms with van der Waals surface area (Å²) in [6.07, 6.45) is 7.50. The molecule has 0 amide bonds. The molecule has 1 N–H and O–H groups in total. The Morgan fingerprint density at radius 2 is 1.71 bits per heavy atom. The van der Waals surface area contributed by atoms with E-state index in [2.05, 4.69) is 22.1 Å². The third kappa shape index (κ3) is 0.958. The van der Waals surface area contributed by atoms with Crippen molar-refractivity contribution >= 4 is 11.6 Å². The minimum absolute atomic E-state index is 0.0360. The van der Waals surface area contributed by atoms with Crippen molar-refractivity contribution in [2.75, 3.05) is 0 Å². The van der Waals surface area contributed by atoms with Crippen LogP contribution in [-0.4, -0.2) is 21.5 Å². The molecule has 84 valence electrons. The van der Waals surface area contributed by atoms with Crippen LogP contribution in [0, 0.1) is 11.8 Å². The Morgan fingerprint density at radius 3 is 2.35 bits per heavy atom. The maximum atomic E-state index is 12.3. The van der Waals surface area contributed by atoms with Gasteiger partial charge >= 0.3 is 0 Å². The summed E-state index contributed by atoms with van der Waals surface area (Å²) < 4.78 is 0. The average molecular weight is 226 g/mol. The SMILES string of the molecule is O=C1C2=C(C(=O)c3[nH]cnc31)C1C=CC2CC1. The molecule has 0 saturated heterocycles. The standard InChI is InChI=1S/C13H10N2O2/c16-12-8-6-1-2-7(4-3-6)9(8)13(17)11-10(12)14-5-15-11/h1-2,5-7H,3-4H2,(H,14,15). The van der Waals surface area contributed by atoms with Crippen LogP contribution in [0.1, 0.15) is 33.8 Å². The molecule has 0 aromatic carbocycles. The maximum absolute atomic E-state index is 12.3. The first-order valence-corrected chi connectivity index (χ1v) is 5.82. The van der Waals surface area contributed by atoms with Crippen molar-refractivity contribution in [3.05, 3.63) is 41.0 Å². The summed E-state index contributed by atoms with van der Waals surface area (Å²) >= 11 is 0. The molecule has 5 rings (SSSR count). The Labute approximate surface area is 97.4 Å². The zero-order valence-electron chi connectivity index (χ0n) is 9.06. The van der Waals surface area contributed by atoms with Crippen LogP contribution in [-0.2, 0) is 0 Å². The third-order valence-corrected chi connectivity index (χ3v) is 3.97. The number of aromatic amines is 1. The molecule has 0 fully saturated rings. The molecule has 4 aliphatic carbocycles. The second-order valence-corrected chi connectivity index (χ2v) is 4.79. The molecule has 0 radical (unpaired) electrons. The van der Waals surface area contributed by atoms with Crippen LogP contribution in [0.5, 0.6) is 0 Å². The Balaban J connectivity index is 2.00. The first kappa shape index (κ1) is 9.10.